The summed E-state index contributed by atoms with van der Waals surface area (Å²) in [6.07, 6.45) is -3.69. The largest absolute Gasteiger partial charge is 0.404 e. The number of rotatable bonds is 40. The summed E-state index contributed by atoms with van der Waals surface area (Å²) in [6.45, 7) is 20.8. The Morgan fingerprint density at radius 3 is 1.88 bits per heavy atom. The number of anilines is 1. The van der Waals surface area contributed by atoms with Gasteiger partial charge in [-0.25, -0.2) is 4.79 Å². The van der Waals surface area contributed by atoms with Crippen LogP contribution in [0.4, 0.5) is 23.7 Å². The van der Waals surface area contributed by atoms with Gasteiger partial charge >= 0.3 is 12.2 Å². The van der Waals surface area contributed by atoms with Crippen LogP contribution in [0.25, 0.3) is 0 Å². The Morgan fingerprint density at radius 2 is 1.32 bits per heavy atom. The first-order valence-electron chi connectivity index (χ1n) is 35.9. The van der Waals surface area contributed by atoms with Crippen molar-refractivity contribution in [3.05, 3.63) is 65.7 Å². The predicted octanol–water partition coefficient (Wildman–Crippen LogP) is 6.03. The number of halogens is 3. The van der Waals surface area contributed by atoms with Gasteiger partial charge in [0.15, 0.2) is 0 Å². The minimum absolute atomic E-state index is 0.0115. The van der Waals surface area contributed by atoms with Gasteiger partial charge in [0.05, 0.1) is 42.7 Å². The first-order chi connectivity index (χ1) is 47.6. The Bertz CT molecular complexity index is 2990. The zero-order valence-electron chi connectivity index (χ0n) is 62.4. The van der Waals surface area contributed by atoms with Crippen LogP contribution in [-0.2, 0) is 65.6 Å². The molecule has 25 nitrogen and oxygen atoms in total. The average molecular weight is 1430 g/mol. The highest BCUT2D eigenvalue weighted by Crippen LogP contribution is 2.36. The number of alkyl halides is 3. The molecule has 2 fully saturated rings. The quantitative estimate of drug-likeness (QED) is 0.0344. The van der Waals surface area contributed by atoms with E-state index in [1.54, 1.807) is 68.8 Å². The van der Waals surface area contributed by atoms with Crippen molar-refractivity contribution >= 4 is 64.9 Å². The molecule has 0 aromatic heterocycles. The lowest BCUT2D eigenvalue weighted by Crippen LogP contribution is -2.59. The molecule has 28 heteroatoms. The molecule has 0 bridgehead atoms. The van der Waals surface area contributed by atoms with Crippen molar-refractivity contribution in [2.45, 2.75) is 233 Å². The summed E-state index contributed by atoms with van der Waals surface area (Å²) in [5.41, 5.74) is 6.99. The summed E-state index contributed by atoms with van der Waals surface area (Å²) in [6, 6.07) is 7.13. The summed E-state index contributed by atoms with van der Waals surface area (Å²) >= 11 is 0. The number of urea groups is 1. The number of carbonyl (C=O) groups is 10. The molecule has 10 N–H and O–H groups in total. The van der Waals surface area contributed by atoms with Gasteiger partial charge in [0.1, 0.15) is 30.2 Å². The van der Waals surface area contributed by atoms with Gasteiger partial charge in [-0.05, 0) is 132 Å². The minimum atomic E-state index is -4.60. The second-order valence-electron chi connectivity index (χ2n) is 28.6. The third-order valence-electron chi connectivity index (χ3n) is 19.7. The van der Waals surface area contributed by atoms with Gasteiger partial charge in [0.25, 0.3) is 0 Å². The van der Waals surface area contributed by atoms with Crippen LogP contribution in [-0.4, -0.2) is 213 Å². The molecule has 14 atom stereocenters. The van der Waals surface area contributed by atoms with Gasteiger partial charge in [0.2, 0.25) is 53.2 Å². The van der Waals surface area contributed by atoms with E-state index < -0.39 is 132 Å². The van der Waals surface area contributed by atoms with E-state index in [0.717, 1.165) is 5.56 Å². The molecule has 3 unspecified atom stereocenters. The number of likely N-dealkylation sites (N-methyl/N-ethyl adjacent to an activating group) is 2. The average Bonchev–Trinajstić information content (AvgIpc) is 1.80. The molecule has 0 radical (unpaired) electrons. The van der Waals surface area contributed by atoms with Crippen molar-refractivity contribution in [2.24, 2.45) is 41.2 Å². The number of nitrogens with one attached hydrogen (secondary N) is 8. The number of hydrogen-bond donors (Lipinski definition) is 9. The summed E-state index contributed by atoms with van der Waals surface area (Å²) in [5.74, 6) is -6.59. The molecule has 101 heavy (non-hydrogen) atoms. The highest BCUT2D eigenvalue weighted by atomic mass is 19.4. The molecule has 2 aromatic carbocycles. The van der Waals surface area contributed by atoms with Crippen molar-refractivity contribution in [1.82, 2.24) is 56.8 Å². The second kappa shape index (κ2) is 41.6. The summed E-state index contributed by atoms with van der Waals surface area (Å²) in [4.78, 5) is 144. The smallest absolute Gasteiger partial charge is 0.379 e. The normalized spacial score (nSPS) is 19.1. The van der Waals surface area contributed by atoms with Crippen LogP contribution in [0.2, 0.25) is 0 Å². The van der Waals surface area contributed by atoms with Gasteiger partial charge in [-0.2, -0.15) is 13.2 Å². The lowest BCUT2D eigenvalue weighted by atomic mass is 9.89. The van der Waals surface area contributed by atoms with Crippen LogP contribution in [0, 0.1) is 35.5 Å². The van der Waals surface area contributed by atoms with Crippen LogP contribution < -0.4 is 48.3 Å². The van der Waals surface area contributed by atoms with E-state index >= 15 is 0 Å². The van der Waals surface area contributed by atoms with Crippen molar-refractivity contribution < 1.29 is 70.6 Å². The standard InChI is InChI=1S/C73H118F3N13O12/c1-17-46(9)63(87(14)71(98)61(44(5)6)85-70(97)62(45(7)8)86(12)13)56(100-15)41-59(91)89-37-23-28-55(89)64(101-16)48(11)65(92)83-54(39-49-25-20-19-21-26-49)67(94)79-42-50-30-32-52(33-31-50)81-68(95)53(27-22-35-78-72(77)99)82-69(96)60(43(3)4)84-58(90)29-24-36-88-38-34-51(40-57(88)73(74,75)76)66(93)80-47(10)18-2/h19-21,25-26,30-33,43-48,51,53-57,60-64H,17-18,22-24,27-29,34-42H2,1-16H3,(H,79,94)(H,80,93)(H,81,95)(H,82,96)(H,83,92)(H,84,90)(H,85,97)(H3,77,78,99)/t46-,47?,48+,51?,53-,54-,55-,56+,57?,60-,61-,62-,63-,64+/m0/s1. The van der Waals surface area contributed by atoms with Crippen molar-refractivity contribution in [1.29, 1.82) is 0 Å². The molecular formula is C73H118F3N13O12. The van der Waals surface area contributed by atoms with Crippen LogP contribution >= 0.6 is 0 Å². The molecule has 568 valence electrons. The van der Waals surface area contributed by atoms with Crippen LogP contribution in [0.5, 0.6) is 0 Å². The van der Waals surface area contributed by atoms with Gasteiger partial charge in [0, 0.05) is 71.4 Å². The van der Waals surface area contributed by atoms with Gasteiger partial charge < -0.3 is 67.5 Å². The van der Waals surface area contributed by atoms with Crippen molar-refractivity contribution in [3.63, 3.8) is 0 Å². The van der Waals surface area contributed by atoms with E-state index in [1.165, 1.54) is 19.1 Å². The number of piperidine rings is 1. The number of nitrogens with two attached hydrogens (primary N) is 1. The number of ether oxygens (including phenoxy) is 2. The number of methoxy groups -OCH3 is 2. The molecule has 0 aliphatic carbocycles. The molecule has 4 rings (SSSR count). The molecule has 0 spiro atoms. The number of benzene rings is 2. The van der Waals surface area contributed by atoms with Gasteiger partial charge in [-0.1, -0.05) is 118 Å². The number of likely N-dealkylation sites (tertiary alicyclic amines) is 2. The van der Waals surface area contributed by atoms with E-state index in [2.05, 4.69) is 42.5 Å². The maximum Gasteiger partial charge on any atom is 0.404 e. The number of carbonyl (C=O) groups excluding carboxylic acids is 10. The minimum Gasteiger partial charge on any atom is -0.379 e. The van der Waals surface area contributed by atoms with E-state index in [9.17, 15) is 61.1 Å². The fraction of sp³-hybridized carbons (Fsp3) is 0.699. The van der Waals surface area contributed by atoms with Crippen LogP contribution in [0.3, 0.4) is 0 Å². The monoisotopic (exact) mass is 1430 g/mol. The van der Waals surface area contributed by atoms with Crippen LogP contribution in [0.1, 0.15) is 158 Å². The van der Waals surface area contributed by atoms with E-state index in [-0.39, 0.29) is 113 Å². The number of amides is 11. The molecular weight excluding hydrogens is 1310 g/mol. The maximum absolute atomic E-state index is 14.6. The van der Waals surface area contributed by atoms with Gasteiger partial charge in [-0.3, -0.25) is 53.0 Å². The predicted molar refractivity (Wildman–Crippen MR) is 381 cm³/mol. The highest BCUT2D eigenvalue weighted by molar-refractivity contribution is 5.98. The summed E-state index contributed by atoms with van der Waals surface area (Å²) in [7, 11) is 8.36. The molecule has 0 saturated carbocycles. The topological polar surface area (TPSA) is 324 Å². The molecule has 2 aliphatic rings. The fourth-order valence-corrected chi connectivity index (χ4v) is 13.6. The van der Waals surface area contributed by atoms with E-state index in [1.807, 2.05) is 97.8 Å². The molecule has 2 aliphatic heterocycles. The lowest BCUT2D eigenvalue weighted by molar-refractivity contribution is -0.196. The third kappa shape index (κ3) is 26.4. The third-order valence-corrected chi connectivity index (χ3v) is 19.7. The summed E-state index contributed by atoms with van der Waals surface area (Å²) in [5, 5.41) is 22.4. The van der Waals surface area contributed by atoms with Gasteiger partial charge in [-0.15, -0.1) is 0 Å². The Morgan fingerprint density at radius 1 is 0.673 bits per heavy atom. The zero-order valence-corrected chi connectivity index (χ0v) is 62.4. The molecule has 11 amide bonds. The molecule has 2 aromatic rings. The Balaban J connectivity index is 1.43. The lowest BCUT2D eigenvalue weighted by Gasteiger charge is -2.41. The zero-order chi connectivity index (χ0) is 75.6. The maximum atomic E-state index is 14.6. The number of hydrogen-bond acceptors (Lipinski definition) is 14. The first kappa shape index (κ1) is 86.0. The fourth-order valence-electron chi connectivity index (χ4n) is 13.6. The van der Waals surface area contributed by atoms with Crippen LogP contribution in [0.15, 0.2) is 54.6 Å². The van der Waals surface area contributed by atoms with Crippen molar-refractivity contribution in [3.8, 4) is 0 Å². The number of primary amides is 1. The van der Waals surface area contributed by atoms with E-state index in [4.69, 9.17) is 15.2 Å². The Kier molecular flexibility index (Phi) is 35.4. The second-order valence-corrected chi connectivity index (χ2v) is 28.6. The first-order valence-corrected chi connectivity index (χ1v) is 35.9. The highest BCUT2D eigenvalue weighted by Gasteiger charge is 2.49. The molecule has 2 heterocycles. The Hall–Kier alpha value is -7.43. The van der Waals surface area contributed by atoms with E-state index in [0.29, 0.717) is 43.5 Å². The SMILES string of the molecule is CCC(C)NC(=O)C1CCN(CCCC(=O)N[C@H](C(=O)N[C@@H](CCCNC(N)=O)C(=O)Nc2ccc(CNC(=O)[C@H](Cc3ccccc3)NC(=O)[C@H](C)[C@@H](OC)[C@@H]3CCCN3C(=O)C[C@@H](OC)[C@H]([C@@H](C)CC)N(C)C(=O)[C@@H](NC(=O)[C@H](C(C)C)N(C)C)C(C)C)cc2)C(C)C)C(C(F)(F)F)C1. The Labute approximate surface area is 596 Å². The number of nitrogens with zero attached hydrogens (tertiary/aromatic N) is 4. The van der Waals surface area contributed by atoms with Crippen molar-refractivity contribution in [2.75, 3.05) is 66.9 Å². The summed E-state index contributed by atoms with van der Waals surface area (Å²) < 4.78 is 55.1. The molecule has 2 saturated heterocycles.